The number of methoxy groups -OCH3 is 1. The summed E-state index contributed by atoms with van der Waals surface area (Å²) in [6, 6.07) is 7.82. The first-order chi connectivity index (χ1) is 12.9. The molecule has 5 nitrogen and oxygen atoms in total. The highest BCUT2D eigenvalue weighted by Crippen LogP contribution is 2.65. The lowest BCUT2D eigenvalue weighted by molar-refractivity contribution is -0.154. The fourth-order valence-corrected chi connectivity index (χ4v) is 6.43. The van der Waals surface area contributed by atoms with Gasteiger partial charge in [0.1, 0.15) is 0 Å². The molecule has 0 heterocycles. The van der Waals surface area contributed by atoms with Crippen molar-refractivity contribution >= 4 is 11.9 Å². The second-order valence-electron chi connectivity index (χ2n) is 9.21. The van der Waals surface area contributed by atoms with Crippen LogP contribution in [0.3, 0.4) is 0 Å². The summed E-state index contributed by atoms with van der Waals surface area (Å²) >= 11 is 0. The molecular formula is C22H29NO4. The number of rotatable bonds is 6. The van der Waals surface area contributed by atoms with Gasteiger partial charge in [0.05, 0.1) is 12.0 Å². The molecule has 5 rings (SSSR count). The maximum Gasteiger partial charge on any atom is 0.328 e. The molecule has 1 aromatic carbocycles. The molecule has 146 valence electrons. The lowest BCUT2D eigenvalue weighted by Gasteiger charge is -2.61. The van der Waals surface area contributed by atoms with Gasteiger partial charge in [-0.2, -0.15) is 0 Å². The van der Waals surface area contributed by atoms with E-state index >= 15 is 0 Å². The lowest BCUT2D eigenvalue weighted by atomic mass is 9.42. The van der Waals surface area contributed by atoms with Crippen molar-refractivity contribution in [1.29, 1.82) is 0 Å². The zero-order chi connectivity index (χ0) is 19.2. The van der Waals surface area contributed by atoms with Gasteiger partial charge in [0.15, 0.2) is 6.04 Å². The predicted octanol–water partition coefficient (Wildman–Crippen LogP) is 3.05. The molecule has 1 aromatic rings. The topological polar surface area (TPSA) is 75.6 Å². The molecule has 4 bridgehead atoms. The van der Waals surface area contributed by atoms with E-state index in [2.05, 4.69) is 36.5 Å². The minimum atomic E-state index is -1.04. The summed E-state index contributed by atoms with van der Waals surface area (Å²) in [4.78, 5) is 24.8. The van der Waals surface area contributed by atoms with Crippen molar-refractivity contribution < 1.29 is 19.4 Å². The van der Waals surface area contributed by atoms with Gasteiger partial charge in [-0.05, 0) is 68.3 Å². The van der Waals surface area contributed by atoms with Gasteiger partial charge >= 0.3 is 5.97 Å². The number of hydrogen-bond acceptors (Lipinski definition) is 3. The third-order valence-corrected chi connectivity index (χ3v) is 7.14. The molecule has 0 radical (unpaired) electrons. The number of carbonyl (C=O) groups excluding carboxylic acids is 1. The van der Waals surface area contributed by atoms with Gasteiger partial charge in [0.25, 0.3) is 0 Å². The Hall–Kier alpha value is -1.88. The number of hydrogen-bond donors (Lipinski definition) is 2. The molecule has 5 heteroatoms. The van der Waals surface area contributed by atoms with Crippen LogP contribution in [-0.4, -0.2) is 36.7 Å². The third kappa shape index (κ3) is 3.16. The van der Waals surface area contributed by atoms with E-state index in [4.69, 9.17) is 4.74 Å². The molecule has 2 N–H and O–H groups in total. The number of carboxylic acid groups (broad SMARTS) is 1. The molecular weight excluding hydrogens is 342 g/mol. The SMILES string of the molecule is COCC(NC(=O)C12CC3CC(C1)CC(c1ccc(C)cc1)(C3)C2)C(=O)O. The van der Waals surface area contributed by atoms with Crippen LogP contribution in [0.15, 0.2) is 24.3 Å². The zero-order valence-corrected chi connectivity index (χ0v) is 16.2. The molecule has 1 amide bonds. The minimum absolute atomic E-state index is 0.00683. The van der Waals surface area contributed by atoms with Crippen LogP contribution < -0.4 is 5.32 Å². The first kappa shape index (κ1) is 18.5. The van der Waals surface area contributed by atoms with E-state index < -0.39 is 17.4 Å². The van der Waals surface area contributed by atoms with Crippen LogP contribution >= 0.6 is 0 Å². The van der Waals surface area contributed by atoms with E-state index in [1.807, 2.05) is 0 Å². The van der Waals surface area contributed by atoms with E-state index in [0.717, 1.165) is 32.1 Å². The number of ether oxygens (including phenoxy) is 1. The second-order valence-corrected chi connectivity index (χ2v) is 9.21. The van der Waals surface area contributed by atoms with Gasteiger partial charge in [-0.1, -0.05) is 29.8 Å². The fraction of sp³-hybridized carbons (Fsp3) is 0.636. The van der Waals surface area contributed by atoms with Crippen molar-refractivity contribution in [3.8, 4) is 0 Å². The molecule has 27 heavy (non-hydrogen) atoms. The molecule has 0 saturated heterocycles. The molecule has 0 aliphatic heterocycles. The summed E-state index contributed by atoms with van der Waals surface area (Å²) in [5.41, 5.74) is 2.23. The number of nitrogens with one attached hydrogen (secondary N) is 1. The molecule has 3 unspecified atom stereocenters. The maximum atomic E-state index is 13.3. The normalized spacial score (nSPS) is 35.0. The third-order valence-electron chi connectivity index (χ3n) is 7.14. The van der Waals surface area contributed by atoms with Crippen molar-refractivity contribution in [3.63, 3.8) is 0 Å². The summed E-state index contributed by atoms with van der Waals surface area (Å²) in [5.74, 6) is -0.00581. The number of benzene rings is 1. The molecule has 4 saturated carbocycles. The van der Waals surface area contributed by atoms with Crippen molar-refractivity contribution in [2.24, 2.45) is 17.3 Å². The molecule has 3 atom stereocenters. The van der Waals surface area contributed by atoms with Crippen molar-refractivity contribution in [2.45, 2.75) is 56.9 Å². The summed E-state index contributed by atoms with van der Waals surface area (Å²) in [5, 5.41) is 12.2. The maximum absolute atomic E-state index is 13.3. The fourth-order valence-electron chi connectivity index (χ4n) is 6.43. The van der Waals surface area contributed by atoms with Crippen molar-refractivity contribution in [1.82, 2.24) is 5.32 Å². The Kier molecular flexibility index (Phi) is 4.53. The van der Waals surface area contributed by atoms with Crippen LogP contribution in [0.4, 0.5) is 0 Å². The number of aryl methyl sites for hydroxylation is 1. The van der Waals surface area contributed by atoms with E-state index in [9.17, 15) is 14.7 Å². The van der Waals surface area contributed by atoms with Gasteiger partial charge in [-0.25, -0.2) is 4.79 Å². The Bertz CT molecular complexity index is 727. The van der Waals surface area contributed by atoms with Gasteiger partial charge in [-0.3, -0.25) is 4.79 Å². The van der Waals surface area contributed by atoms with Crippen LogP contribution in [0, 0.1) is 24.2 Å². The average Bonchev–Trinajstić information content (AvgIpc) is 2.60. The largest absolute Gasteiger partial charge is 0.480 e. The van der Waals surface area contributed by atoms with E-state index in [1.165, 1.54) is 24.7 Å². The zero-order valence-electron chi connectivity index (χ0n) is 16.2. The van der Waals surface area contributed by atoms with Gasteiger partial charge in [0, 0.05) is 7.11 Å². The first-order valence-electron chi connectivity index (χ1n) is 9.96. The number of aliphatic carboxylic acids is 1. The standard InChI is InChI=1S/C22H29NO4/c1-14-3-5-17(6-4-14)21-8-15-7-16(9-21)11-22(10-15,13-21)20(26)23-18(12-27-2)19(24)25/h3-6,15-16,18H,7-13H2,1-2H3,(H,23,26)(H,24,25). The average molecular weight is 371 g/mol. The summed E-state index contributed by atoms with van der Waals surface area (Å²) < 4.78 is 4.99. The van der Waals surface area contributed by atoms with E-state index in [1.54, 1.807) is 0 Å². The molecule has 0 spiro atoms. The highest BCUT2D eigenvalue weighted by atomic mass is 16.5. The van der Waals surface area contributed by atoms with Crippen molar-refractivity contribution in [3.05, 3.63) is 35.4 Å². The van der Waals surface area contributed by atoms with Gasteiger partial charge < -0.3 is 15.2 Å². The Morgan fingerprint density at radius 1 is 1.19 bits per heavy atom. The van der Waals surface area contributed by atoms with Gasteiger partial charge in [0.2, 0.25) is 5.91 Å². The Balaban J connectivity index is 1.62. The Labute approximate surface area is 160 Å². The number of carbonyl (C=O) groups is 2. The summed E-state index contributed by atoms with van der Waals surface area (Å²) in [7, 11) is 1.46. The smallest absolute Gasteiger partial charge is 0.328 e. The van der Waals surface area contributed by atoms with Crippen molar-refractivity contribution in [2.75, 3.05) is 13.7 Å². The summed E-state index contributed by atoms with van der Waals surface area (Å²) in [6.07, 6.45) is 6.14. The monoisotopic (exact) mass is 371 g/mol. The van der Waals surface area contributed by atoms with Crippen LogP contribution in [0.25, 0.3) is 0 Å². The first-order valence-corrected chi connectivity index (χ1v) is 9.96. The highest BCUT2D eigenvalue weighted by Gasteiger charge is 2.61. The summed E-state index contributed by atoms with van der Waals surface area (Å²) in [6.45, 7) is 2.09. The number of carboxylic acids is 1. The van der Waals surface area contributed by atoms with Crippen LogP contribution in [0.2, 0.25) is 0 Å². The van der Waals surface area contributed by atoms with Gasteiger partial charge in [-0.15, -0.1) is 0 Å². The molecule has 0 aromatic heterocycles. The highest BCUT2D eigenvalue weighted by molar-refractivity contribution is 5.88. The molecule has 4 aliphatic rings. The van der Waals surface area contributed by atoms with E-state index in [0.29, 0.717) is 11.8 Å². The predicted molar refractivity (Wildman–Crippen MR) is 101 cm³/mol. The van der Waals surface area contributed by atoms with Crippen LogP contribution in [0.5, 0.6) is 0 Å². The Morgan fingerprint density at radius 2 is 1.81 bits per heavy atom. The van der Waals surface area contributed by atoms with Crippen LogP contribution in [-0.2, 0) is 19.7 Å². The quantitative estimate of drug-likeness (QED) is 0.806. The second kappa shape index (κ2) is 6.62. The number of amides is 1. The van der Waals surface area contributed by atoms with E-state index in [-0.39, 0.29) is 17.9 Å². The van der Waals surface area contributed by atoms with Crippen LogP contribution in [0.1, 0.15) is 49.7 Å². The Morgan fingerprint density at radius 3 is 2.37 bits per heavy atom. The molecule has 4 aliphatic carbocycles. The minimum Gasteiger partial charge on any atom is -0.480 e. The lowest BCUT2D eigenvalue weighted by Crippen LogP contribution is -2.61. The molecule has 4 fully saturated rings.